The first-order valence-electron chi connectivity index (χ1n) is 7.24. The zero-order valence-corrected chi connectivity index (χ0v) is 12.6. The first-order valence-corrected chi connectivity index (χ1v) is 7.24. The summed E-state index contributed by atoms with van der Waals surface area (Å²) in [7, 11) is 1.58. The van der Waals surface area contributed by atoms with Crippen LogP contribution in [0.3, 0.4) is 0 Å². The van der Waals surface area contributed by atoms with Gasteiger partial charge >= 0.3 is 0 Å². The van der Waals surface area contributed by atoms with Gasteiger partial charge in [0.05, 0.1) is 13.3 Å². The number of methoxy groups -OCH3 is 1. The number of carbonyl (C=O) groups excluding carboxylic acids is 1. The van der Waals surface area contributed by atoms with Crippen LogP contribution in [-0.4, -0.2) is 19.2 Å². The molecular formula is C17H18N2O3. The van der Waals surface area contributed by atoms with Crippen molar-refractivity contribution in [3.8, 4) is 5.75 Å². The molecule has 1 aromatic carbocycles. The van der Waals surface area contributed by atoms with Crippen LogP contribution >= 0.6 is 0 Å². The highest BCUT2D eigenvalue weighted by molar-refractivity contribution is 5.94. The largest absolute Gasteiger partial charge is 0.497 e. The van der Waals surface area contributed by atoms with Gasteiger partial charge in [-0.15, -0.1) is 0 Å². The summed E-state index contributed by atoms with van der Waals surface area (Å²) in [6.07, 6.45) is 2.69. The van der Waals surface area contributed by atoms with Crippen LogP contribution < -0.4 is 10.2 Å². The Balaban J connectivity index is 1.56. The van der Waals surface area contributed by atoms with Crippen LogP contribution in [0.5, 0.6) is 5.75 Å². The Morgan fingerprint density at radius 1 is 1.32 bits per heavy atom. The summed E-state index contributed by atoms with van der Waals surface area (Å²) in [6, 6.07) is 10.7. The standard InChI is InChI=1S/C17H18N2O3/c1-11-9-15(11)16-8-7-14(22-16)10-18-19-17(20)12-3-5-13(21-2)6-4-12/h3-8,10-11,15H,9H2,1-2H3,(H,19,20)/b18-10-/t11-,15+/m0/s1. The summed E-state index contributed by atoms with van der Waals surface area (Å²) in [6.45, 7) is 2.20. The van der Waals surface area contributed by atoms with Crippen LogP contribution in [0.1, 0.15) is 41.1 Å². The lowest BCUT2D eigenvalue weighted by Crippen LogP contribution is -2.17. The molecule has 0 saturated heterocycles. The quantitative estimate of drug-likeness (QED) is 0.681. The van der Waals surface area contributed by atoms with E-state index in [1.54, 1.807) is 31.4 Å². The van der Waals surface area contributed by atoms with Crippen LogP contribution in [0, 0.1) is 5.92 Å². The number of ether oxygens (including phenoxy) is 1. The molecule has 0 unspecified atom stereocenters. The molecule has 2 atom stereocenters. The minimum Gasteiger partial charge on any atom is -0.497 e. The van der Waals surface area contributed by atoms with Gasteiger partial charge in [-0.2, -0.15) is 5.10 Å². The second kappa shape index (κ2) is 6.05. The normalized spacial score (nSPS) is 20.1. The third-order valence-corrected chi connectivity index (χ3v) is 3.83. The zero-order valence-electron chi connectivity index (χ0n) is 12.6. The number of benzene rings is 1. The van der Waals surface area contributed by atoms with Crippen molar-refractivity contribution in [1.82, 2.24) is 5.43 Å². The molecule has 0 spiro atoms. The highest BCUT2D eigenvalue weighted by atomic mass is 16.5. The van der Waals surface area contributed by atoms with E-state index in [0.717, 1.165) is 5.76 Å². The summed E-state index contributed by atoms with van der Waals surface area (Å²) in [5.74, 6) is 3.31. The number of hydrazone groups is 1. The van der Waals surface area contributed by atoms with Crippen molar-refractivity contribution in [2.75, 3.05) is 7.11 Å². The van der Waals surface area contributed by atoms with E-state index in [9.17, 15) is 4.79 Å². The van der Waals surface area contributed by atoms with Gasteiger partial charge in [-0.05, 0) is 48.7 Å². The molecule has 1 heterocycles. The van der Waals surface area contributed by atoms with Crippen LogP contribution in [0.2, 0.25) is 0 Å². The second-order valence-electron chi connectivity index (χ2n) is 5.49. The molecule has 5 nitrogen and oxygen atoms in total. The summed E-state index contributed by atoms with van der Waals surface area (Å²) < 4.78 is 10.7. The molecular weight excluding hydrogens is 280 g/mol. The molecule has 0 radical (unpaired) electrons. The molecule has 0 aliphatic heterocycles. The topological polar surface area (TPSA) is 63.8 Å². The second-order valence-corrected chi connectivity index (χ2v) is 5.49. The molecule has 1 fully saturated rings. The average molecular weight is 298 g/mol. The molecule has 2 aromatic rings. The minimum absolute atomic E-state index is 0.276. The third-order valence-electron chi connectivity index (χ3n) is 3.83. The molecule has 3 rings (SSSR count). The first-order chi connectivity index (χ1) is 10.7. The van der Waals surface area contributed by atoms with Crippen LogP contribution in [0.4, 0.5) is 0 Å². The van der Waals surface area contributed by atoms with Crippen molar-refractivity contribution in [2.45, 2.75) is 19.3 Å². The monoisotopic (exact) mass is 298 g/mol. The predicted molar refractivity (Wildman–Crippen MR) is 83.3 cm³/mol. The molecule has 1 amide bonds. The molecule has 0 bridgehead atoms. The van der Waals surface area contributed by atoms with E-state index >= 15 is 0 Å². The maximum absolute atomic E-state index is 11.9. The summed E-state index contributed by atoms with van der Waals surface area (Å²) >= 11 is 0. The number of carbonyl (C=O) groups is 1. The number of nitrogens with one attached hydrogen (secondary N) is 1. The highest BCUT2D eigenvalue weighted by Gasteiger charge is 2.36. The zero-order chi connectivity index (χ0) is 15.5. The number of nitrogens with zero attached hydrogens (tertiary/aromatic N) is 1. The lowest BCUT2D eigenvalue weighted by molar-refractivity contribution is 0.0955. The summed E-state index contributed by atoms with van der Waals surface area (Å²) in [5.41, 5.74) is 3.00. The van der Waals surface area contributed by atoms with Gasteiger partial charge in [0.1, 0.15) is 17.3 Å². The van der Waals surface area contributed by atoms with Gasteiger partial charge in [0.15, 0.2) is 0 Å². The Hall–Kier alpha value is -2.56. The van der Waals surface area contributed by atoms with Gasteiger partial charge in [-0.25, -0.2) is 5.43 Å². The van der Waals surface area contributed by atoms with Crippen molar-refractivity contribution >= 4 is 12.1 Å². The molecule has 5 heteroatoms. The Labute approximate surface area is 129 Å². The maximum atomic E-state index is 11.9. The van der Waals surface area contributed by atoms with Gasteiger partial charge in [-0.3, -0.25) is 4.79 Å². The fraction of sp³-hybridized carbons (Fsp3) is 0.294. The lowest BCUT2D eigenvalue weighted by Gasteiger charge is -2.01. The van der Waals surface area contributed by atoms with E-state index in [0.29, 0.717) is 28.9 Å². The number of hydrogen-bond acceptors (Lipinski definition) is 4. The lowest BCUT2D eigenvalue weighted by atomic mass is 10.2. The van der Waals surface area contributed by atoms with E-state index in [1.165, 1.54) is 12.6 Å². The van der Waals surface area contributed by atoms with Gasteiger partial charge in [0, 0.05) is 11.5 Å². The van der Waals surface area contributed by atoms with Gasteiger partial charge in [-0.1, -0.05) is 6.92 Å². The first kappa shape index (κ1) is 14.4. The minimum atomic E-state index is -0.276. The predicted octanol–water partition coefficient (Wildman–Crippen LogP) is 3.18. The number of amides is 1. The maximum Gasteiger partial charge on any atom is 0.271 e. The summed E-state index contributed by atoms with van der Waals surface area (Å²) in [5, 5.41) is 3.92. The molecule has 1 aromatic heterocycles. The van der Waals surface area contributed by atoms with Gasteiger partial charge < -0.3 is 9.15 Å². The van der Waals surface area contributed by atoms with Crippen molar-refractivity contribution in [3.05, 3.63) is 53.5 Å². The van der Waals surface area contributed by atoms with Crippen molar-refractivity contribution < 1.29 is 13.9 Å². The van der Waals surface area contributed by atoms with Gasteiger partial charge in [0.2, 0.25) is 0 Å². The van der Waals surface area contributed by atoms with E-state index < -0.39 is 0 Å². The van der Waals surface area contributed by atoms with Crippen molar-refractivity contribution in [3.63, 3.8) is 0 Å². The van der Waals surface area contributed by atoms with Crippen molar-refractivity contribution in [1.29, 1.82) is 0 Å². The van der Waals surface area contributed by atoms with Crippen molar-refractivity contribution in [2.24, 2.45) is 11.0 Å². The Morgan fingerprint density at radius 2 is 2.05 bits per heavy atom. The third kappa shape index (κ3) is 3.19. The highest BCUT2D eigenvalue weighted by Crippen LogP contribution is 2.47. The SMILES string of the molecule is COc1ccc(C(=O)N/N=C\c2ccc([C@@H]3C[C@@H]3C)o2)cc1. The molecule has 1 saturated carbocycles. The fourth-order valence-corrected chi connectivity index (χ4v) is 2.32. The Bertz CT molecular complexity index is 688. The van der Waals surface area contributed by atoms with Gasteiger partial charge in [0.25, 0.3) is 5.91 Å². The Morgan fingerprint density at radius 3 is 2.68 bits per heavy atom. The van der Waals surface area contributed by atoms with Crippen LogP contribution in [0.15, 0.2) is 45.9 Å². The average Bonchev–Trinajstić information content (AvgIpc) is 3.09. The number of hydrogen-bond donors (Lipinski definition) is 1. The molecule has 1 aliphatic carbocycles. The Kier molecular flexibility index (Phi) is 3.96. The van der Waals surface area contributed by atoms with Crippen LogP contribution in [0.25, 0.3) is 0 Å². The molecule has 114 valence electrons. The number of furan rings is 1. The van der Waals surface area contributed by atoms with E-state index in [1.807, 2.05) is 12.1 Å². The molecule has 1 aliphatic rings. The molecule has 22 heavy (non-hydrogen) atoms. The smallest absolute Gasteiger partial charge is 0.271 e. The number of rotatable bonds is 5. The summed E-state index contributed by atoms with van der Waals surface area (Å²) in [4.78, 5) is 11.9. The molecule has 1 N–H and O–H groups in total. The van der Waals surface area contributed by atoms with E-state index in [4.69, 9.17) is 9.15 Å². The fourth-order valence-electron chi connectivity index (χ4n) is 2.32. The van der Waals surface area contributed by atoms with Crippen LogP contribution in [-0.2, 0) is 0 Å². The van der Waals surface area contributed by atoms with E-state index in [-0.39, 0.29) is 5.91 Å². The van der Waals surface area contributed by atoms with E-state index in [2.05, 4.69) is 17.5 Å².